The minimum absolute atomic E-state index is 0.0844. The van der Waals surface area contributed by atoms with Crippen LogP contribution < -0.4 is 0 Å². The van der Waals surface area contributed by atoms with Crippen molar-refractivity contribution in [1.29, 1.82) is 0 Å². The first kappa shape index (κ1) is 30.2. The lowest BCUT2D eigenvalue weighted by molar-refractivity contribution is -0.154. The van der Waals surface area contributed by atoms with Crippen LogP contribution in [0.5, 0.6) is 0 Å². The number of Topliss-reactive ketones (excluding diaryl/α,β-unsaturated/α-hetero) is 1. The molecular weight excluding hydrogens is 514 g/mol. The van der Waals surface area contributed by atoms with Crippen molar-refractivity contribution in [2.75, 3.05) is 0 Å². The number of aromatic nitrogens is 1. The Morgan fingerprint density at radius 3 is 2.62 bits per heavy atom. The van der Waals surface area contributed by atoms with Crippen molar-refractivity contribution >= 4 is 40.8 Å². The summed E-state index contributed by atoms with van der Waals surface area (Å²) >= 11 is 8.15. The van der Waals surface area contributed by atoms with Gasteiger partial charge in [0.05, 0.1) is 51.5 Å². The van der Waals surface area contributed by atoms with E-state index in [0.717, 1.165) is 30.7 Å². The summed E-state index contributed by atoms with van der Waals surface area (Å²) in [6.07, 6.45) is 2.38. The molecule has 3 rings (SSSR count). The van der Waals surface area contributed by atoms with E-state index in [0.29, 0.717) is 23.6 Å². The summed E-state index contributed by atoms with van der Waals surface area (Å²) < 4.78 is 11.8. The van der Waals surface area contributed by atoms with Crippen molar-refractivity contribution in [2.45, 2.75) is 117 Å². The van der Waals surface area contributed by atoms with Gasteiger partial charge in [0.15, 0.2) is 0 Å². The molecule has 2 saturated heterocycles. The van der Waals surface area contributed by atoms with Crippen molar-refractivity contribution in [1.82, 2.24) is 4.98 Å². The molecule has 1 aromatic rings. The van der Waals surface area contributed by atoms with Crippen LogP contribution in [0.15, 0.2) is 10.4 Å². The van der Waals surface area contributed by atoms with Crippen LogP contribution in [0.4, 0.5) is 0 Å². The summed E-state index contributed by atoms with van der Waals surface area (Å²) in [5.41, 5.74) is -0.903. The van der Waals surface area contributed by atoms with E-state index in [1.165, 1.54) is 11.3 Å². The minimum atomic E-state index is -1.27. The van der Waals surface area contributed by atoms with Crippen LogP contribution in [-0.4, -0.2) is 57.0 Å². The molecule has 0 aromatic carbocycles. The first-order valence-electron chi connectivity index (χ1n) is 13.4. The Kier molecular flexibility index (Phi) is 10.0. The van der Waals surface area contributed by atoms with Crippen LogP contribution in [-0.2, 0) is 19.1 Å². The second kappa shape index (κ2) is 12.2. The molecule has 2 fully saturated rings. The van der Waals surface area contributed by atoms with Crippen LogP contribution in [0.3, 0.4) is 0 Å². The fraction of sp³-hybridized carbons (Fsp3) is 0.750. The Labute approximate surface area is 229 Å². The largest absolute Gasteiger partial charge is 0.456 e. The lowest BCUT2D eigenvalue weighted by Crippen LogP contribution is -2.46. The van der Waals surface area contributed by atoms with Crippen LogP contribution in [0.2, 0.25) is 0 Å². The second-order valence-electron chi connectivity index (χ2n) is 11.5. The fourth-order valence-electron chi connectivity index (χ4n) is 5.27. The van der Waals surface area contributed by atoms with E-state index in [-0.39, 0.29) is 29.8 Å². The maximum Gasteiger partial charge on any atom is 0.309 e. The molecule has 0 spiro atoms. The quantitative estimate of drug-likeness (QED) is 0.376. The molecule has 208 valence electrons. The maximum absolute atomic E-state index is 13.6. The zero-order valence-corrected chi connectivity index (χ0v) is 24.4. The number of cyclic esters (lactones) is 1. The molecule has 37 heavy (non-hydrogen) atoms. The number of ketones is 1. The summed E-state index contributed by atoms with van der Waals surface area (Å²) in [7, 11) is 0. The van der Waals surface area contributed by atoms with Gasteiger partial charge in [0.2, 0.25) is 0 Å². The van der Waals surface area contributed by atoms with E-state index in [4.69, 9.17) is 21.1 Å². The first-order chi connectivity index (χ1) is 17.3. The summed E-state index contributed by atoms with van der Waals surface area (Å²) in [5.74, 6) is -1.57. The number of nitrogens with zero attached hydrogens (tertiary/aromatic N) is 1. The minimum Gasteiger partial charge on any atom is -0.456 e. The highest BCUT2D eigenvalue weighted by atomic mass is 35.5. The number of hydrogen-bond acceptors (Lipinski definition) is 8. The Morgan fingerprint density at radius 2 is 2.00 bits per heavy atom. The van der Waals surface area contributed by atoms with Crippen molar-refractivity contribution in [2.24, 2.45) is 17.3 Å². The van der Waals surface area contributed by atoms with E-state index in [1.54, 1.807) is 19.9 Å². The Morgan fingerprint density at radius 1 is 1.30 bits per heavy atom. The number of thiazole rings is 1. The van der Waals surface area contributed by atoms with Gasteiger partial charge in [0.25, 0.3) is 0 Å². The Bertz CT molecular complexity index is 993. The van der Waals surface area contributed by atoms with Gasteiger partial charge in [-0.1, -0.05) is 52.1 Å². The molecule has 0 saturated carbocycles. The normalized spacial score (nSPS) is 36.1. The van der Waals surface area contributed by atoms with Crippen LogP contribution in [0, 0.1) is 24.2 Å². The lowest BCUT2D eigenvalue weighted by Gasteiger charge is -2.36. The van der Waals surface area contributed by atoms with Gasteiger partial charge in [0.1, 0.15) is 11.9 Å². The van der Waals surface area contributed by atoms with Crippen LogP contribution >= 0.6 is 22.9 Å². The van der Waals surface area contributed by atoms with Crippen LogP contribution in [0.1, 0.15) is 90.3 Å². The monoisotopic (exact) mass is 555 g/mol. The molecule has 3 heterocycles. The third-order valence-electron chi connectivity index (χ3n) is 8.06. The molecule has 0 radical (unpaired) electrons. The average molecular weight is 556 g/mol. The van der Waals surface area contributed by atoms with E-state index in [1.807, 2.05) is 33.1 Å². The van der Waals surface area contributed by atoms with Crippen molar-refractivity contribution in [3.05, 3.63) is 21.1 Å². The van der Waals surface area contributed by atoms with E-state index in [9.17, 15) is 19.8 Å². The molecule has 0 aliphatic carbocycles. The predicted molar refractivity (Wildman–Crippen MR) is 145 cm³/mol. The summed E-state index contributed by atoms with van der Waals surface area (Å²) in [4.78, 5) is 31.0. The Balaban J connectivity index is 1.88. The molecule has 1 aromatic heterocycles. The third-order valence-corrected chi connectivity index (χ3v) is 9.20. The number of rotatable bonds is 4. The van der Waals surface area contributed by atoms with Crippen molar-refractivity contribution < 1.29 is 29.3 Å². The van der Waals surface area contributed by atoms with Gasteiger partial charge in [-0.2, -0.15) is 0 Å². The van der Waals surface area contributed by atoms with Gasteiger partial charge in [-0.3, -0.25) is 9.59 Å². The van der Waals surface area contributed by atoms with Gasteiger partial charge >= 0.3 is 5.97 Å². The molecule has 2 N–H and O–H groups in total. The van der Waals surface area contributed by atoms with E-state index >= 15 is 0 Å². The standard InChI is InChI=1S/C28H42ClNO6S/c1-7-9-19-25(33)16(2)10-8-11-28(6)23(36-28)13-21(20(29)12-18-15-37-17(3)30-18)35-24(32)14-22(31)27(4,5)26(19)34/h12,15-16,19,21-23,25,31,33H,7-11,13-14H2,1-6H3/b20-12-/t16-,19-,21+,22+,23+,25+,28+/m1/s1. The third kappa shape index (κ3) is 7.41. The maximum atomic E-state index is 13.6. The van der Waals surface area contributed by atoms with E-state index < -0.39 is 35.6 Å². The molecule has 7 atom stereocenters. The molecule has 7 nitrogen and oxygen atoms in total. The number of carbonyl (C=O) groups is 2. The number of ether oxygens (including phenoxy) is 2. The number of aryl methyl sites for hydroxylation is 1. The van der Waals surface area contributed by atoms with E-state index in [2.05, 4.69) is 4.98 Å². The molecule has 0 unspecified atom stereocenters. The Hall–Kier alpha value is -1.32. The zero-order chi connectivity index (χ0) is 27.5. The fourth-order valence-corrected chi connectivity index (χ4v) is 6.09. The van der Waals surface area contributed by atoms with Gasteiger partial charge in [-0.05, 0) is 45.1 Å². The zero-order valence-electron chi connectivity index (χ0n) is 22.8. The average Bonchev–Trinajstić information content (AvgIpc) is 3.27. The number of hydrogen-bond donors (Lipinski definition) is 2. The number of fused-ring (bicyclic) bond motifs is 1. The number of carbonyl (C=O) groups excluding carboxylic acids is 2. The highest BCUT2D eigenvalue weighted by Crippen LogP contribution is 2.45. The molecule has 9 heteroatoms. The molecular formula is C28H42ClNO6S. The number of halogens is 1. The SMILES string of the molecule is CCC[C@H]1C(=O)C(C)(C)[C@@H](O)CC(=O)O[C@H](/C(Cl)=C/c2csc(C)n2)C[C@@H]2O[C@@]2(C)CCC[C@@H](C)[C@@H]1O. The predicted octanol–water partition coefficient (Wildman–Crippen LogP) is 5.43. The highest BCUT2D eigenvalue weighted by molar-refractivity contribution is 7.09. The topological polar surface area (TPSA) is 109 Å². The van der Waals surface area contributed by atoms with Gasteiger partial charge in [0, 0.05) is 17.7 Å². The first-order valence-corrected chi connectivity index (χ1v) is 14.6. The highest BCUT2D eigenvalue weighted by Gasteiger charge is 2.53. The number of epoxide rings is 1. The molecule has 0 amide bonds. The molecule has 2 aliphatic rings. The van der Waals surface area contributed by atoms with Gasteiger partial charge in [-0.15, -0.1) is 11.3 Å². The summed E-state index contributed by atoms with van der Waals surface area (Å²) in [5, 5.41) is 25.3. The lowest BCUT2D eigenvalue weighted by atomic mass is 9.71. The van der Waals surface area contributed by atoms with Crippen molar-refractivity contribution in [3.8, 4) is 0 Å². The number of esters is 1. The summed E-state index contributed by atoms with van der Waals surface area (Å²) in [6.45, 7) is 11.2. The summed E-state index contributed by atoms with van der Waals surface area (Å²) in [6, 6.07) is 0. The number of aliphatic hydroxyl groups is 2. The van der Waals surface area contributed by atoms with Crippen LogP contribution in [0.25, 0.3) is 6.08 Å². The molecule has 0 bridgehead atoms. The molecule has 2 aliphatic heterocycles. The number of aliphatic hydroxyl groups excluding tert-OH is 2. The smallest absolute Gasteiger partial charge is 0.309 e. The second-order valence-corrected chi connectivity index (χ2v) is 13.0. The van der Waals surface area contributed by atoms with Gasteiger partial charge < -0.3 is 19.7 Å². The van der Waals surface area contributed by atoms with Gasteiger partial charge in [-0.25, -0.2) is 4.98 Å². The van der Waals surface area contributed by atoms with Crippen molar-refractivity contribution in [3.63, 3.8) is 0 Å².